The maximum atomic E-state index is 12.6. The standard InChI is InChI=1S/C17H26N4O2/c1-23-15-2-3-16-13(12-15)4-10-21(17(22)19-16)14-5-8-20(9-6-14)11-7-18/h2-3,12,14H,4-11,18H2,1H3,(H,19,22). The third kappa shape index (κ3) is 3.59. The van der Waals surface area contributed by atoms with Gasteiger partial charge in [0.15, 0.2) is 0 Å². The van der Waals surface area contributed by atoms with Crippen molar-refractivity contribution in [3.63, 3.8) is 0 Å². The molecule has 0 aromatic heterocycles. The molecule has 3 rings (SSSR count). The van der Waals surface area contributed by atoms with Crippen LogP contribution in [0.1, 0.15) is 18.4 Å². The number of amides is 2. The molecule has 1 aromatic carbocycles. The van der Waals surface area contributed by atoms with Gasteiger partial charge in [-0.25, -0.2) is 4.79 Å². The number of fused-ring (bicyclic) bond motifs is 1. The zero-order valence-electron chi connectivity index (χ0n) is 13.8. The number of ether oxygens (including phenoxy) is 1. The van der Waals surface area contributed by atoms with Crippen LogP contribution in [-0.2, 0) is 6.42 Å². The number of carbonyl (C=O) groups is 1. The van der Waals surface area contributed by atoms with Gasteiger partial charge in [-0.3, -0.25) is 0 Å². The Labute approximate surface area is 137 Å². The van der Waals surface area contributed by atoms with Crippen LogP contribution in [-0.4, -0.2) is 61.7 Å². The highest BCUT2D eigenvalue weighted by Crippen LogP contribution is 2.27. The average molecular weight is 318 g/mol. The second-order valence-corrected chi connectivity index (χ2v) is 6.26. The first kappa shape index (κ1) is 16.1. The lowest BCUT2D eigenvalue weighted by atomic mass is 10.0. The van der Waals surface area contributed by atoms with Crippen LogP contribution < -0.4 is 15.8 Å². The predicted molar refractivity (Wildman–Crippen MR) is 90.9 cm³/mol. The summed E-state index contributed by atoms with van der Waals surface area (Å²) < 4.78 is 5.28. The van der Waals surface area contributed by atoms with Gasteiger partial charge >= 0.3 is 6.03 Å². The van der Waals surface area contributed by atoms with E-state index in [1.165, 1.54) is 0 Å². The summed E-state index contributed by atoms with van der Waals surface area (Å²) in [6, 6.07) is 6.18. The molecule has 0 bridgehead atoms. The number of piperidine rings is 1. The third-order valence-corrected chi connectivity index (χ3v) is 4.88. The summed E-state index contributed by atoms with van der Waals surface area (Å²) in [6.07, 6.45) is 2.90. The van der Waals surface area contributed by atoms with Gasteiger partial charge in [-0.15, -0.1) is 0 Å². The minimum Gasteiger partial charge on any atom is -0.497 e. The number of hydrogen-bond acceptors (Lipinski definition) is 4. The molecule has 126 valence electrons. The maximum absolute atomic E-state index is 12.6. The van der Waals surface area contributed by atoms with Crippen LogP contribution in [0, 0.1) is 0 Å². The van der Waals surface area contributed by atoms with Gasteiger partial charge in [-0.2, -0.15) is 0 Å². The molecule has 3 N–H and O–H groups in total. The van der Waals surface area contributed by atoms with E-state index >= 15 is 0 Å². The zero-order valence-corrected chi connectivity index (χ0v) is 13.8. The number of rotatable bonds is 4. The first-order valence-electron chi connectivity index (χ1n) is 8.38. The van der Waals surface area contributed by atoms with E-state index in [4.69, 9.17) is 10.5 Å². The van der Waals surface area contributed by atoms with E-state index in [9.17, 15) is 4.79 Å². The highest BCUT2D eigenvalue weighted by molar-refractivity contribution is 5.91. The van der Waals surface area contributed by atoms with Gasteiger partial charge in [0, 0.05) is 44.5 Å². The number of likely N-dealkylation sites (tertiary alicyclic amines) is 1. The molecule has 6 nitrogen and oxygen atoms in total. The fraction of sp³-hybridized carbons (Fsp3) is 0.588. The lowest BCUT2D eigenvalue weighted by Crippen LogP contribution is -2.49. The molecule has 1 saturated heterocycles. The van der Waals surface area contributed by atoms with Crippen molar-refractivity contribution in [3.05, 3.63) is 23.8 Å². The smallest absolute Gasteiger partial charge is 0.322 e. The van der Waals surface area contributed by atoms with Gasteiger partial charge in [0.2, 0.25) is 0 Å². The van der Waals surface area contributed by atoms with E-state index in [-0.39, 0.29) is 6.03 Å². The summed E-state index contributed by atoms with van der Waals surface area (Å²) in [6.45, 7) is 4.45. The van der Waals surface area contributed by atoms with Gasteiger partial charge in [-0.05, 0) is 43.0 Å². The minimum absolute atomic E-state index is 0.0196. The molecule has 23 heavy (non-hydrogen) atoms. The average Bonchev–Trinajstić information content (AvgIpc) is 2.73. The summed E-state index contributed by atoms with van der Waals surface area (Å²) in [7, 11) is 1.67. The molecular weight excluding hydrogens is 292 g/mol. The molecule has 6 heteroatoms. The summed E-state index contributed by atoms with van der Waals surface area (Å²) >= 11 is 0. The summed E-state index contributed by atoms with van der Waals surface area (Å²) in [4.78, 5) is 17.0. The van der Waals surface area contributed by atoms with Gasteiger partial charge in [-0.1, -0.05) is 0 Å². The summed E-state index contributed by atoms with van der Waals surface area (Å²) in [5, 5.41) is 3.06. The van der Waals surface area contributed by atoms with Crippen molar-refractivity contribution >= 4 is 11.7 Å². The summed E-state index contributed by atoms with van der Waals surface area (Å²) in [5.41, 5.74) is 7.67. The van der Waals surface area contributed by atoms with E-state index < -0.39 is 0 Å². The quantitative estimate of drug-likeness (QED) is 0.883. The molecule has 2 aliphatic rings. The number of nitrogens with zero attached hydrogens (tertiary/aromatic N) is 2. The SMILES string of the molecule is COc1ccc2c(c1)CCN(C1CCN(CCN)CC1)C(=O)N2. The van der Waals surface area contributed by atoms with Crippen LogP contribution in [0.25, 0.3) is 0 Å². The van der Waals surface area contributed by atoms with Gasteiger partial charge < -0.3 is 25.6 Å². The van der Waals surface area contributed by atoms with Crippen molar-refractivity contribution in [2.75, 3.05) is 45.2 Å². The molecule has 2 heterocycles. The molecule has 0 spiro atoms. The molecular formula is C17H26N4O2. The van der Waals surface area contributed by atoms with Crippen molar-refractivity contribution in [1.82, 2.24) is 9.80 Å². The molecule has 1 fully saturated rings. The fourth-order valence-corrected chi connectivity index (χ4v) is 3.54. The van der Waals surface area contributed by atoms with Crippen LogP contribution in [0.3, 0.4) is 0 Å². The van der Waals surface area contributed by atoms with E-state index in [0.717, 1.165) is 62.4 Å². The molecule has 2 aliphatic heterocycles. The van der Waals surface area contributed by atoms with Gasteiger partial charge in [0.1, 0.15) is 5.75 Å². The Morgan fingerprint density at radius 2 is 2.09 bits per heavy atom. The number of anilines is 1. The summed E-state index contributed by atoms with van der Waals surface area (Å²) in [5.74, 6) is 0.835. The molecule has 0 aliphatic carbocycles. The van der Waals surface area contributed by atoms with Crippen molar-refractivity contribution in [3.8, 4) is 5.75 Å². The Morgan fingerprint density at radius 3 is 2.78 bits per heavy atom. The Balaban J connectivity index is 1.66. The topological polar surface area (TPSA) is 70.8 Å². The predicted octanol–water partition coefficient (Wildman–Crippen LogP) is 1.51. The number of nitrogens with one attached hydrogen (secondary N) is 1. The van der Waals surface area contributed by atoms with Crippen molar-refractivity contribution < 1.29 is 9.53 Å². The Hall–Kier alpha value is -1.79. The first-order chi connectivity index (χ1) is 11.2. The number of urea groups is 1. The fourth-order valence-electron chi connectivity index (χ4n) is 3.54. The number of nitrogens with two attached hydrogens (primary N) is 1. The lowest BCUT2D eigenvalue weighted by Gasteiger charge is -2.37. The largest absolute Gasteiger partial charge is 0.497 e. The molecule has 0 saturated carbocycles. The van der Waals surface area contributed by atoms with E-state index in [2.05, 4.69) is 10.2 Å². The van der Waals surface area contributed by atoms with Crippen LogP contribution in [0.2, 0.25) is 0 Å². The third-order valence-electron chi connectivity index (χ3n) is 4.88. The van der Waals surface area contributed by atoms with Gasteiger partial charge in [0.25, 0.3) is 0 Å². The maximum Gasteiger partial charge on any atom is 0.322 e. The number of carbonyl (C=O) groups excluding carboxylic acids is 1. The highest BCUT2D eigenvalue weighted by Gasteiger charge is 2.29. The molecule has 1 aromatic rings. The van der Waals surface area contributed by atoms with E-state index in [1.807, 2.05) is 23.1 Å². The van der Waals surface area contributed by atoms with Crippen molar-refractivity contribution in [1.29, 1.82) is 0 Å². The second kappa shape index (κ2) is 7.19. The number of benzene rings is 1. The normalized spacial score (nSPS) is 19.9. The Kier molecular flexibility index (Phi) is 5.03. The molecule has 0 atom stereocenters. The van der Waals surface area contributed by atoms with Crippen molar-refractivity contribution in [2.45, 2.75) is 25.3 Å². The highest BCUT2D eigenvalue weighted by atomic mass is 16.5. The lowest BCUT2D eigenvalue weighted by molar-refractivity contribution is 0.130. The van der Waals surface area contributed by atoms with Crippen LogP contribution in [0.5, 0.6) is 5.75 Å². The Morgan fingerprint density at radius 1 is 1.30 bits per heavy atom. The second-order valence-electron chi connectivity index (χ2n) is 6.26. The Bertz CT molecular complexity index is 556. The monoisotopic (exact) mass is 318 g/mol. The molecule has 0 radical (unpaired) electrons. The van der Waals surface area contributed by atoms with Crippen LogP contribution in [0.15, 0.2) is 18.2 Å². The van der Waals surface area contributed by atoms with Crippen LogP contribution in [0.4, 0.5) is 10.5 Å². The number of methoxy groups -OCH3 is 1. The van der Waals surface area contributed by atoms with E-state index in [0.29, 0.717) is 12.6 Å². The van der Waals surface area contributed by atoms with Crippen LogP contribution >= 0.6 is 0 Å². The molecule has 2 amide bonds. The first-order valence-corrected chi connectivity index (χ1v) is 8.38. The van der Waals surface area contributed by atoms with Crippen molar-refractivity contribution in [2.24, 2.45) is 5.73 Å². The minimum atomic E-state index is 0.0196. The van der Waals surface area contributed by atoms with E-state index in [1.54, 1.807) is 7.11 Å². The number of hydrogen-bond donors (Lipinski definition) is 2. The zero-order chi connectivity index (χ0) is 16.2. The molecule has 0 unspecified atom stereocenters. The van der Waals surface area contributed by atoms with Gasteiger partial charge in [0.05, 0.1) is 7.11 Å².